The molecule has 4 fully saturated rings. The summed E-state index contributed by atoms with van der Waals surface area (Å²) in [5, 5.41) is 0. The Morgan fingerprint density at radius 1 is 1.13 bits per heavy atom. The van der Waals surface area contributed by atoms with Crippen molar-refractivity contribution in [2.75, 3.05) is 0 Å². The Labute approximate surface area is 184 Å². The first-order valence-electron chi connectivity index (χ1n) is 11.2. The Morgan fingerprint density at radius 3 is 2.26 bits per heavy atom. The fourth-order valence-corrected chi connectivity index (χ4v) is 6.44. The number of ketones is 1. The number of hydrogen-bond donors (Lipinski definition) is 0. The van der Waals surface area contributed by atoms with Crippen molar-refractivity contribution in [3.05, 3.63) is 23.3 Å². The van der Waals surface area contributed by atoms with Crippen molar-refractivity contribution in [2.45, 2.75) is 85.7 Å². The second-order valence-electron chi connectivity index (χ2n) is 10.8. The fourth-order valence-electron chi connectivity index (χ4n) is 6.44. The third kappa shape index (κ3) is 2.90. The zero-order chi connectivity index (χ0) is 23.1. The number of fused-ring (bicyclic) bond motifs is 3. The Kier molecular flexibility index (Phi) is 4.86. The van der Waals surface area contributed by atoms with E-state index >= 15 is 0 Å². The topological polar surface area (TPSA) is 82.2 Å². The minimum atomic E-state index is -0.926. The molecule has 170 valence electrons. The van der Waals surface area contributed by atoms with Gasteiger partial charge in [0.25, 0.3) is 0 Å². The van der Waals surface area contributed by atoms with Crippen molar-refractivity contribution >= 4 is 17.7 Å². The van der Waals surface area contributed by atoms with Crippen molar-refractivity contribution in [2.24, 2.45) is 28.6 Å². The van der Waals surface area contributed by atoms with Crippen LogP contribution in [0.25, 0.3) is 0 Å². The Balaban J connectivity index is 1.73. The summed E-state index contributed by atoms with van der Waals surface area (Å²) in [5.41, 5.74) is -0.343. The molecule has 6 heteroatoms. The number of rotatable bonds is 4. The molecule has 5 rings (SSSR count). The molecule has 0 aromatic heterocycles. The monoisotopic (exact) mass is 430 g/mol. The summed E-state index contributed by atoms with van der Waals surface area (Å²) >= 11 is 0. The predicted octanol–water partition coefficient (Wildman–Crippen LogP) is 3.78. The first-order chi connectivity index (χ1) is 14.3. The van der Waals surface area contributed by atoms with E-state index in [0.29, 0.717) is 12.0 Å². The van der Waals surface area contributed by atoms with E-state index < -0.39 is 28.6 Å². The van der Waals surface area contributed by atoms with E-state index in [1.165, 1.54) is 0 Å². The second-order valence-corrected chi connectivity index (χ2v) is 10.8. The van der Waals surface area contributed by atoms with Gasteiger partial charge < -0.3 is 14.2 Å². The summed E-state index contributed by atoms with van der Waals surface area (Å²) < 4.78 is 17.6. The Hall–Kier alpha value is -1.95. The third-order valence-corrected chi connectivity index (χ3v) is 8.84. The number of epoxide rings is 1. The van der Waals surface area contributed by atoms with Crippen LogP contribution in [0, 0.1) is 28.6 Å². The predicted molar refractivity (Wildman–Crippen MR) is 114 cm³/mol. The van der Waals surface area contributed by atoms with E-state index in [2.05, 4.69) is 20.8 Å². The number of esters is 2. The second kappa shape index (κ2) is 6.77. The van der Waals surface area contributed by atoms with Gasteiger partial charge in [0, 0.05) is 28.7 Å². The Morgan fingerprint density at radius 2 is 1.74 bits per heavy atom. The molecular formula is C25H34O6. The molecule has 0 amide bonds. The molecule has 1 heterocycles. The van der Waals surface area contributed by atoms with Crippen LogP contribution in [0.1, 0.15) is 61.8 Å². The van der Waals surface area contributed by atoms with Crippen LogP contribution in [-0.4, -0.2) is 41.6 Å². The SMILES string of the molecule is C/C=C(/C)C(=O)O[C@@H]1C[C@@H](OC(=O)[C@]2(C)O[C@H]2C)C(C)(C)[C@@H]2[C@H]3C(=O)C=C(C)[C@H]2[C@@]31C. The normalized spacial score (nSPS) is 45.1. The van der Waals surface area contributed by atoms with E-state index in [0.717, 1.165) is 5.57 Å². The van der Waals surface area contributed by atoms with Gasteiger partial charge in [-0.25, -0.2) is 9.59 Å². The summed E-state index contributed by atoms with van der Waals surface area (Å²) in [4.78, 5) is 38.8. The quantitative estimate of drug-likeness (QED) is 0.383. The highest BCUT2D eigenvalue weighted by Crippen LogP contribution is 2.72. The van der Waals surface area contributed by atoms with E-state index in [9.17, 15) is 14.4 Å². The lowest BCUT2D eigenvalue weighted by Gasteiger charge is -2.65. The van der Waals surface area contributed by atoms with Crippen LogP contribution >= 0.6 is 0 Å². The van der Waals surface area contributed by atoms with Crippen molar-refractivity contribution in [3.63, 3.8) is 0 Å². The summed E-state index contributed by atoms with van der Waals surface area (Å²) in [5.74, 6) is -0.812. The highest BCUT2D eigenvalue weighted by Gasteiger charge is 2.74. The van der Waals surface area contributed by atoms with E-state index in [1.807, 2.05) is 13.8 Å². The number of carbonyl (C=O) groups is 3. The van der Waals surface area contributed by atoms with Gasteiger partial charge in [0.15, 0.2) is 11.4 Å². The lowest BCUT2D eigenvalue weighted by Crippen LogP contribution is -2.67. The molecular weight excluding hydrogens is 396 g/mol. The lowest BCUT2D eigenvalue weighted by molar-refractivity contribution is -0.202. The maximum atomic E-state index is 13.1. The van der Waals surface area contributed by atoms with Crippen LogP contribution < -0.4 is 0 Å². The van der Waals surface area contributed by atoms with Crippen LogP contribution in [0.2, 0.25) is 0 Å². The Bertz CT molecular complexity index is 913. The average Bonchev–Trinajstić information content (AvgIpc) is 3.32. The van der Waals surface area contributed by atoms with Gasteiger partial charge >= 0.3 is 11.9 Å². The lowest BCUT2D eigenvalue weighted by atomic mass is 9.37. The van der Waals surface area contributed by atoms with Gasteiger partial charge in [-0.3, -0.25) is 4.79 Å². The summed E-state index contributed by atoms with van der Waals surface area (Å²) in [6.07, 6.45) is 2.63. The van der Waals surface area contributed by atoms with E-state index in [-0.39, 0.29) is 41.6 Å². The van der Waals surface area contributed by atoms with Crippen LogP contribution in [0.3, 0.4) is 0 Å². The van der Waals surface area contributed by atoms with Gasteiger partial charge in [-0.1, -0.05) is 32.4 Å². The average molecular weight is 431 g/mol. The molecule has 8 atom stereocenters. The van der Waals surface area contributed by atoms with Crippen molar-refractivity contribution < 1.29 is 28.6 Å². The third-order valence-electron chi connectivity index (χ3n) is 8.84. The molecule has 0 N–H and O–H groups in total. The van der Waals surface area contributed by atoms with Crippen LogP contribution in [0.15, 0.2) is 23.3 Å². The molecule has 0 spiro atoms. The van der Waals surface area contributed by atoms with Crippen LogP contribution in [0.4, 0.5) is 0 Å². The van der Waals surface area contributed by atoms with Crippen molar-refractivity contribution in [3.8, 4) is 0 Å². The van der Waals surface area contributed by atoms with Gasteiger partial charge in [-0.05, 0) is 52.5 Å². The highest BCUT2D eigenvalue weighted by atomic mass is 16.7. The molecule has 5 aliphatic rings. The molecule has 31 heavy (non-hydrogen) atoms. The standard InChI is InChI=1S/C25H34O6/c1-9-12(2)21(27)29-17-11-16(30-22(28)25(8)14(4)31-25)23(5,6)20-18-13(3)10-15(26)19(20)24(17,18)7/h9-10,14,16-20H,11H2,1-8H3/b12-9-/t14-,16+,17+,18+,19+,20-,24-,25+/m0/s1. The van der Waals surface area contributed by atoms with Gasteiger partial charge in [0.2, 0.25) is 0 Å². The van der Waals surface area contributed by atoms with Gasteiger partial charge in [0.05, 0.1) is 6.10 Å². The van der Waals surface area contributed by atoms with E-state index in [4.69, 9.17) is 14.2 Å². The molecule has 0 radical (unpaired) electrons. The highest BCUT2D eigenvalue weighted by molar-refractivity contribution is 5.97. The first-order valence-corrected chi connectivity index (χ1v) is 11.2. The molecule has 1 aliphatic heterocycles. The summed E-state index contributed by atoms with van der Waals surface area (Å²) in [7, 11) is 0. The van der Waals surface area contributed by atoms with E-state index in [1.54, 1.807) is 32.9 Å². The molecule has 0 aromatic rings. The molecule has 4 bridgehead atoms. The summed E-state index contributed by atoms with van der Waals surface area (Å²) in [6, 6.07) is 0. The van der Waals surface area contributed by atoms with Gasteiger partial charge in [-0.15, -0.1) is 0 Å². The van der Waals surface area contributed by atoms with Gasteiger partial charge in [0.1, 0.15) is 12.2 Å². The molecule has 1 saturated heterocycles. The largest absolute Gasteiger partial charge is 0.459 e. The molecule has 3 saturated carbocycles. The van der Waals surface area contributed by atoms with Crippen molar-refractivity contribution in [1.82, 2.24) is 0 Å². The number of hydrogen-bond acceptors (Lipinski definition) is 6. The molecule has 0 aromatic carbocycles. The first kappa shape index (κ1) is 22.3. The number of allylic oxidation sites excluding steroid dienone is 3. The van der Waals surface area contributed by atoms with Crippen LogP contribution in [0.5, 0.6) is 0 Å². The molecule has 4 aliphatic carbocycles. The van der Waals surface area contributed by atoms with Crippen LogP contribution in [-0.2, 0) is 28.6 Å². The minimum Gasteiger partial charge on any atom is -0.459 e. The maximum Gasteiger partial charge on any atom is 0.341 e. The smallest absolute Gasteiger partial charge is 0.341 e. The fraction of sp³-hybridized carbons (Fsp3) is 0.720. The summed E-state index contributed by atoms with van der Waals surface area (Å²) in [6.45, 7) is 15.3. The molecule has 0 unspecified atom stereocenters. The van der Waals surface area contributed by atoms with Gasteiger partial charge in [-0.2, -0.15) is 0 Å². The maximum absolute atomic E-state index is 13.1. The number of ether oxygens (including phenoxy) is 3. The van der Waals surface area contributed by atoms with Crippen molar-refractivity contribution in [1.29, 1.82) is 0 Å². The zero-order valence-corrected chi connectivity index (χ0v) is 19.8. The zero-order valence-electron chi connectivity index (χ0n) is 19.8. The minimum absolute atomic E-state index is 0.0321. The number of carbonyl (C=O) groups excluding carboxylic acids is 3. The molecule has 6 nitrogen and oxygen atoms in total.